The summed E-state index contributed by atoms with van der Waals surface area (Å²) in [7, 11) is -3.51. The predicted octanol–water partition coefficient (Wildman–Crippen LogP) is 3.25. The minimum atomic E-state index is -3.51. The summed E-state index contributed by atoms with van der Waals surface area (Å²) in [6, 6.07) is 22.7. The van der Waals surface area contributed by atoms with E-state index in [0.29, 0.717) is 0 Å². The molecule has 0 unspecified atom stereocenters. The highest BCUT2D eigenvalue weighted by Gasteiger charge is 2.17. The molecule has 0 radical (unpaired) electrons. The van der Waals surface area contributed by atoms with Gasteiger partial charge in [0.05, 0.1) is 21.0 Å². The molecule has 0 fully saturated rings. The zero-order chi connectivity index (χ0) is 16.6. The molecule has 0 aliphatic carbocycles. The highest BCUT2D eigenvalue weighted by molar-refractivity contribution is 7.91. The van der Waals surface area contributed by atoms with E-state index in [9.17, 15) is 8.42 Å². The van der Waals surface area contributed by atoms with Crippen LogP contribution in [0.25, 0.3) is 16.7 Å². The van der Waals surface area contributed by atoms with Gasteiger partial charge in [0, 0.05) is 0 Å². The molecule has 5 nitrogen and oxygen atoms in total. The maximum atomic E-state index is 12.6. The Bertz CT molecular complexity index is 1100. The van der Waals surface area contributed by atoms with Crippen molar-refractivity contribution in [2.24, 2.45) is 0 Å². The minimum Gasteiger partial charge on any atom is -0.219 e. The summed E-state index contributed by atoms with van der Waals surface area (Å²) >= 11 is 0. The molecule has 0 bridgehead atoms. The van der Waals surface area contributed by atoms with Crippen molar-refractivity contribution in [1.82, 2.24) is 15.0 Å². The smallest absolute Gasteiger partial charge is 0.206 e. The monoisotopic (exact) mass is 335 g/mol. The summed E-state index contributed by atoms with van der Waals surface area (Å²) < 4.78 is 26.9. The van der Waals surface area contributed by atoms with Gasteiger partial charge in [0.1, 0.15) is 5.52 Å². The van der Waals surface area contributed by atoms with Crippen molar-refractivity contribution >= 4 is 20.9 Å². The van der Waals surface area contributed by atoms with Gasteiger partial charge in [-0.25, -0.2) is 13.1 Å². The number of rotatable bonds is 3. The molecule has 4 aromatic rings. The number of nitrogens with zero attached hydrogens (tertiary/aromatic N) is 3. The normalized spacial score (nSPS) is 11.7. The molecular formula is C18H13N3O2S. The summed E-state index contributed by atoms with van der Waals surface area (Å²) in [5.74, 6) is 0. The van der Waals surface area contributed by atoms with E-state index < -0.39 is 9.84 Å². The number of hydrogen-bond acceptors (Lipinski definition) is 4. The second kappa shape index (κ2) is 5.58. The number of aromatic nitrogens is 3. The molecule has 0 N–H and O–H groups in total. The van der Waals surface area contributed by atoms with Crippen LogP contribution in [0, 0.1) is 0 Å². The van der Waals surface area contributed by atoms with Crippen LogP contribution in [-0.2, 0) is 9.84 Å². The molecule has 4 rings (SSSR count). The fourth-order valence-corrected chi connectivity index (χ4v) is 3.84. The van der Waals surface area contributed by atoms with Crippen LogP contribution < -0.4 is 0 Å². The summed E-state index contributed by atoms with van der Waals surface area (Å²) in [6.45, 7) is 0. The Kier molecular flexibility index (Phi) is 3.39. The Balaban J connectivity index is 1.76. The molecule has 0 amide bonds. The van der Waals surface area contributed by atoms with E-state index in [0.717, 1.165) is 16.7 Å². The lowest BCUT2D eigenvalue weighted by Gasteiger charge is -2.06. The Morgan fingerprint density at radius 3 is 2.08 bits per heavy atom. The van der Waals surface area contributed by atoms with E-state index in [1.807, 2.05) is 24.3 Å². The van der Waals surface area contributed by atoms with Crippen molar-refractivity contribution in [3.8, 4) is 5.69 Å². The highest BCUT2D eigenvalue weighted by atomic mass is 32.2. The fourth-order valence-electron chi connectivity index (χ4n) is 2.56. The van der Waals surface area contributed by atoms with E-state index in [2.05, 4.69) is 10.3 Å². The Labute approximate surface area is 139 Å². The largest absolute Gasteiger partial charge is 0.219 e. The Hall–Kier alpha value is -2.99. The third-order valence-corrected chi connectivity index (χ3v) is 5.58. The maximum absolute atomic E-state index is 12.6. The molecular weight excluding hydrogens is 322 g/mol. The quantitative estimate of drug-likeness (QED) is 0.576. The van der Waals surface area contributed by atoms with Gasteiger partial charge in [-0.05, 0) is 48.5 Å². The van der Waals surface area contributed by atoms with Crippen LogP contribution >= 0.6 is 0 Å². The van der Waals surface area contributed by atoms with Crippen molar-refractivity contribution < 1.29 is 8.42 Å². The van der Waals surface area contributed by atoms with Crippen LogP contribution in [0.4, 0.5) is 0 Å². The standard InChI is InChI=1S/C18H13N3O2S/c22-24(23,15-6-2-1-3-7-15)16-12-10-14(11-13-16)21-18-9-5-4-8-17(18)19-20-21/h1-13H. The van der Waals surface area contributed by atoms with Crippen LogP contribution in [0.3, 0.4) is 0 Å². The highest BCUT2D eigenvalue weighted by Crippen LogP contribution is 2.22. The van der Waals surface area contributed by atoms with Gasteiger partial charge in [-0.2, -0.15) is 0 Å². The zero-order valence-electron chi connectivity index (χ0n) is 12.6. The first-order valence-electron chi connectivity index (χ1n) is 7.37. The average molecular weight is 335 g/mol. The van der Waals surface area contributed by atoms with Gasteiger partial charge in [0.25, 0.3) is 0 Å². The second-order valence-corrected chi connectivity index (χ2v) is 7.25. The number of para-hydroxylation sites is 1. The summed E-state index contributed by atoms with van der Waals surface area (Å²) in [5, 5.41) is 8.24. The van der Waals surface area contributed by atoms with Crippen molar-refractivity contribution in [3.63, 3.8) is 0 Å². The van der Waals surface area contributed by atoms with E-state index in [4.69, 9.17) is 0 Å². The first-order valence-corrected chi connectivity index (χ1v) is 8.85. The van der Waals surface area contributed by atoms with Gasteiger partial charge < -0.3 is 0 Å². The molecule has 1 aromatic heterocycles. The van der Waals surface area contributed by atoms with Crippen LogP contribution in [0.5, 0.6) is 0 Å². The maximum Gasteiger partial charge on any atom is 0.206 e. The molecule has 0 spiro atoms. The van der Waals surface area contributed by atoms with Crippen LogP contribution in [0.15, 0.2) is 88.7 Å². The van der Waals surface area contributed by atoms with Gasteiger partial charge in [-0.1, -0.05) is 35.5 Å². The molecule has 118 valence electrons. The van der Waals surface area contributed by atoms with Crippen LogP contribution in [-0.4, -0.2) is 23.4 Å². The molecule has 0 aliphatic rings. The van der Waals surface area contributed by atoms with Crippen molar-refractivity contribution in [1.29, 1.82) is 0 Å². The zero-order valence-corrected chi connectivity index (χ0v) is 13.4. The Morgan fingerprint density at radius 1 is 0.708 bits per heavy atom. The second-order valence-electron chi connectivity index (χ2n) is 5.30. The lowest BCUT2D eigenvalue weighted by atomic mass is 10.3. The molecule has 0 aliphatic heterocycles. The lowest BCUT2D eigenvalue weighted by molar-refractivity contribution is 0.596. The third-order valence-electron chi connectivity index (χ3n) is 3.80. The van der Waals surface area contributed by atoms with E-state index in [1.54, 1.807) is 59.3 Å². The summed E-state index contributed by atoms with van der Waals surface area (Å²) in [5.41, 5.74) is 2.42. The van der Waals surface area contributed by atoms with Crippen molar-refractivity contribution in [2.75, 3.05) is 0 Å². The van der Waals surface area contributed by atoms with Gasteiger partial charge >= 0.3 is 0 Å². The summed E-state index contributed by atoms with van der Waals surface area (Å²) in [4.78, 5) is 0.533. The van der Waals surface area contributed by atoms with Gasteiger partial charge in [0.15, 0.2) is 0 Å². The van der Waals surface area contributed by atoms with Crippen molar-refractivity contribution in [2.45, 2.75) is 9.79 Å². The molecule has 1 heterocycles. The first-order chi connectivity index (χ1) is 11.7. The van der Waals surface area contributed by atoms with Crippen molar-refractivity contribution in [3.05, 3.63) is 78.9 Å². The fraction of sp³-hybridized carbons (Fsp3) is 0. The van der Waals surface area contributed by atoms with Crippen LogP contribution in [0.2, 0.25) is 0 Å². The third kappa shape index (κ3) is 2.37. The number of fused-ring (bicyclic) bond motifs is 1. The number of benzene rings is 3. The first kappa shape index (κ1) is 14.6. The molecule has 0 saturated carbocycles. The van der Waals surface area contributed by atoms with E-state index in [1.165, 1.54) is 0 Å². The molecule has 3 aromatic carbocycles. The van der Waals surface area contributed by atoms with Gasteiger partial charge in [0.2, 0.25) is 9.84 Å². The molecule has 24 heavy (non-hydrogen) atoms. The molecule has 6 heteroatoms. The van der Waals surface area contributed by atoms with Gasteiger partial charge in [-0.15, -0.1) is 5.10 Å². The van der Waals surface area contributed by atoms with E-state index in [-0.39, 0.29) is 9.79 Å². The van der Waals surface area contributed by atoms with E-state index >= 15 is 0 Å². The van der Waals surface area contributed by atoms with Crippen LogP contribution in [0.1, 0.15) is 0 Å². The predicted molar refractivity (Wildman–Crippen MR) is 90.8 cm³/mol. The minimum absolute atomic E-state index is 0.252. The number of hydrogen-bond donors (Lipinski definition) is 0. The SMILES string of the molecule is O=S(=O)(c1ccccc1)c1ccc(-n2nnc3ccccc32)cc1. The Morgan fingerprint density at radius 2 is 1.33 bits per heavy atom. The summed E-state index contributed by atoms with van der Waals surface area (Å²) in [6.07, 6.45) is 0. The number of sulfone groups is 1. The van der Waals surface area contributed by atoms with Gasteiger partial charge in [-0.3, -0.25) is 0 Å². The molecule has 0 atom stereocenters. The topological polar surface area (TPSA) is 64.8 Å². The molecule has 0 saturated heterocycles. The average Bonchev–Trinajstić information content (AvgIpc) is 3.07. The lowest BCUT2D eigenvalue weighted by Crippen LogP contribution is -2.03.